The van der Waals surface area contributed by atoms with Crippen LogP contribution in [0.15, 0.2) is 23.1 Å². The Labute approximate surface area is 87.1 Å². The summed E-state index contributed by atoms with van der Waals surface area (Å²) in [5.74, 6) is 0.658. The molecule has 0 aromatic heterocycles. The Balaban J connectivity index is 2.99. The highest BCUT2D eigenvalue weighted by Crippen LogP contribution is 2.29. The maximum Gasteiger partial charge on any atom is 0.337 e. The first-order valence-electron chi connectivity index (χ1n) is 4.23. The monoisotopic (exact) mass is 212 g/mol. The number of rotatable bonds is 3. The molecule has 0 unspecified atom stereocenters. The molecule has 4 heteroatoms. The molecule has 1 rings (SSSR count). The summed E-state index contributed by atoms with van der Waals surface area (Å²) in [5.41, 5.74) is 0.459. The first-order valence-corrected chi connectivity index (χ1v) is 5.21. The minimum Gasteiger partial charge on any atom is -0.507 e. The van der Waals surface area contributed by atoms with Crippen molar-refractivity contribution in [2.24, 2.45) is 0 Å². The van der Waals surface area contributed by atoms with Gasteiger partial charge in [-0.2, -0.15) is 0 Å². The van der Waals surface area contributed by atoms with Crippen molar-refractivity contribution in [3.05, 3.63) is 23.8 Å². The predicted molar refractivity (Wildman–Crippen MR) is 55.8 cm³/mol. The van der Waals surface area contributed by atoms with Crippen LogP contribution < -0.4 is 0 Å². The summed E-state index contributed by atoms with van der Waals surface area (Å²) >= 11 is 1.49. The molecule has 0 atom stereocenters. The summed E-state index contributed by atoms with van der Waals surface area (Å²) in [6, 6.07) is 4.68. The van der Waals surface area contributed by atoms with E-state index in [2.05, 4.69) is 4.74 Å². The van der Waals surface area contributed by atoms with E-state index in [1.807, 2.05) is 6.92 Å². The third kappa shape index (κ3) is 2.42. The van der Waals surface area contributed by atoms with Gasteiger partial charge < -0.3 is 9.84 Å². The van der Waals surface area contributed by atoms with Crippen molar-refractivity contribution >= 4 is 17.7 Å². The van der Waals surface area contributed by atoms with E-state index in [0.717, 1.165) is 5.75 Å². The number of phenolic OH excluding ortho intramolecular Hbond substituents is 1. The Bertz CT molecular complexity index is 336. The molecule has 0 aliphatic rings. The van der Waals surface area contributed by atoms with E-state index in [9.17, 15) is 9.90 Å². The van der Waals surface area contributed by atoms with Gasteiger partial charge >= 0.3 is 5.97 Å². The first-order chi connectivity index (χ1) is 6.69. The third-order valence-corrected chi connectivity index (χ3v) is 2.61. The first kappa shape index (κ1) is 10.9. The van der Waals surface area contributed by atoms with Crippen LogP contribution in [0.4, 0.5) is 0 Å². The van der Waals surface area contributed by atoms with Crippen molar-refractivity contribution in [2.75, 3.05) is 12.9 Å². The van der Waals surface area contributed by atoms with Gasteiger partial charge in [0.2, 0.25) is 0 Å². The second-order valence-electron chi connectivity index (χ2n) is 2.61. The average molecular weight is 212 g/mol. The number of hydrogen-bond acceptors (Lipinski definition) is 4. The second-order valence-corrected chi connectivity index (χ2v) is 3.91. The number of ether oxygens (including phenoxy) is 1. The fraction of sp³-hybridized carbons (Fsp3) is 0.300. The van der Waals surface area contributed by atoms with Crippen molar-refractivity contribution in [2.45, 2.75) is 11.8 Å². The van der Waals surface area contributed by atoms with Gasteiger partial charge in [-0.1, -0.05) is 6.92 Å². The average Bonchev–Trinajstić information content (AvgIpc) is 2.20. The van der Waals surface area contributed by atoms with Crippen LogP contribution in [0.25, 0.3) is 0 Å². The molecule has 1 aromatic carbocycles. The summed E-state index contributed by atoms with van der Waals surface area (Å²) in [5, 5.41) is 9.45. The van der Waals surface area contributed by atoms with Crippen LogP contribution >= 0.6 is 11.8 Å². The minimum absolute atomic E-state index is 0.199. The molecule has 0 saturated carbocycles. The van der Waals surface area contributed by atoms with Crippen molar-refractivity contribution in [3.63, 3.8) is 0 Å². The highest BCUT2D eigenvalue weighted by Gasteiger charge is 2.08. The fourth-order valence-electron chi connectivity index (χ4n) is 1.03. The number of esters is 1. The zero-order valence-electron chi connectivity index (χ0n) is 8.11. The molecule has 3 nitrogen and oxygen atoms in total. The number of aromatic hydroxyl groups is 1. The summed E-state index contributed by atoms with van der Waals surface area (Å²) in [7, 11) is 1.34. The standard InChI is InChI=1S/C10H12O3S/c1-3-14-9-6-7(10(12)13-2)4-5-8(9)11/h4-6,11H,3H2,1-2H3. The highest BCUT2D eigenvalue weighted by molar-refractivity contribution is 7.99. The molecule has 0 fully saturated rings. The highest BCUT2D eigenvalue weighted by atomic mass is 32.2. The molecule has 14 heavy (non-hydrogen) atoms. The lowest BCUT2D eigenvalue weighted by Crippen LogP contribution is -2.00. The summed E-state index contributed by atoms with van der Waals surface area (Å²) in [4.78, 5) is 11.9. The molecule has 0 radical (unpaired) electrons. The Morgan fingerprint density at radius 1 is 1.57 bits per heavy atom. The van der Waals surface area contributed by atoms with E-state index in [1.54, 1.807) is 12.1 Å². The molecule has 0 saturated heterocycles. The van der Waals surface area contributed by atoms with E-state index in [-0.39, 0.29) is 11.7 Å². The SMILES string of the molecule is CCSc1cc(C(=O)OC)ccc1O. The summed E-state index contributed by atoms with van der Waals surface area (Å²) < 4.78 is 4.58. The molecule has 0 spiro atoms. The summed E-state index contributed by atoms with van der Waals surface area (Å²) in [6.07, 6.45) is 0. The molecular weight excluding hydrogens is 200 g/mol. The van der Waals surface area contributed by atoms with Crippen LogP contribution in [0.5, 0.6) is 5.75 Å². The Morgan fingerprint density at radius 2 is 2.29 bits per heavy atom. The molecule has 0 aliphatic heterocycles. The van der Waals surface area contributed by atoms with Crippen molar-refractivity contribution in [1.29, 1.82) is 0 Å². The number of carbonyl (C=O) groups excluding carboxylic acids is 1. The van der Waals surface area contributed by atoms with Gasteiger partial charge in [0.15, 0.2) is 0 Å². The zero-order chi connectivity index (χ0) is 10.6. The molecule has 0 bridgehead atoms. The Kier molecular flexibility index (Phi) is 3.83. The van der Waals surface area contributed by atoms with Gasteiger partial charge in [0.05, 0.1) is 12.7 Å². The number of benzene rings is 1. The lowest BCUT2D eigenvalue weighted by molar-refractivity contribution is 0.0600. The fourth-order valence-corrected chi connectivity index (χ4v) is 1.77. The van der Waals surface area contributed by atoms with Crippen LogP contribution in [0.3, 0.4) is 0 Å². The lowest BCUT2D eigenvalue weighted by atomic mass is 10.2. The smallest absolute Gasteiger partial charge is 0.337 e. The summed E-state index contributed by atoms with van der Waals surface area (Å²) in [6.45, 7) is 1.98. The number of thioether (sulfide) groups is 1. The molecule has 0 amide bonds. The van der Waals surface area contributed by atoms with Crippen LogP contribution in [0.1, 0.15) is 17.3 Å². The number of methoxy groups -OCH3 is 1. The van der Waals surface area contributed by atoms with Crippen LogP contribution in [0.2, 0.25) is 0 Å². The van der Waals surface area contributed by atoms with E-state index >= 15 is 0 Å². The van der Waals surface area contributed by atoms with Gasteiger partial charge in [-0.25, -0.2) is 4.79 Å². The second kappa shape index (κ2) is 4.91. The minimum atomic E-state index is -0.386. The molecule has 0 heterocycles. The van der Waals surface area contributed by atoms with Gasteiger partial charge in [0, 0.05) is 4.90 Å². The molecular formula is C10H12O3S. The van der Waals surface area contributed by atoms with Gasteiger partial charge in [0.1, 0.15) is 5.75 Å². The van der Waals surface area contributed by atoms with Crippen molar-refractivity contribution in [3.8, 4) is 5.75 Å². The molecule has 76 valence electrons. The van der Waals surface area contributed by atoms with Gasteiger partial charge in [-0.3, -0.25) is 0 Å². The zero-order valence-corrected chi connectivity index (χ0v) is 8.93. The van der Waals surface area contributed by atoms with Crippen LogP contribution in [-0.2, 0) is 4.74 Å². The van der Waals surface area contributed by atoms with E-state index in [4.69, 9.17) is 0 Å². The molecule has 1 N–H and O–H groups in total. The number of carbonyl (C=O) groups is 1. The molecule has 1 aromatic rings. The molecule has 0 aliphatic carbocycles. The number of hydrogen-bond donors (Lipinski definition) is 1. The van der Waals surface area contributed by atoms with Crippen molar-refractivity contribution in [1.82, 2.24) is 0 Å². The van der Waals surface area contributed by atoms with Gasteiger partial charge in [-0.05, 0) is 24.0 Å². The Hall–Kier alpha value is -1.16. The third-order valence-electron chi connectivity index (χ3n) is 1.68. The maximum atomic E-state index is 11.2. The maximum absolute atomic E-state index is 11.2. The number of phenols is 1. The predicted octanol–water partition coefficient (Wildman–Crippen LogP) is 2.29. The normalized spacial score (nSPS) is 9.86. The van der Waals surface area contributed by atoms with Gasteiger partial charge in [0.25, 0.3) is 0 Å². The van der Waals surface area contributed by atoms with E-state index in [0.29, 0.717) is 10.5 Å². The Morgan fingerprint density at radius 3 is 2.86 bits per heavy atom. The quantitative estimate of drug-likeness (QED) is 0.617. The van der Waals surface area contributed by atoms with E-state index < -0.39 is 0 Å². The van der Waals surface area contributed by atoms with Gasteiger partial charge in [-0.15, -0.1) is 11.8 Å². The van der Waals surface area contributed by atoms with Crippen molar-refractivity contribution < 1.29 is 14.6 Å². The van der Waals surface area contributed by atoms with Crippen LogP contribution in [-0.4, -0.2) is 23.9 Å². The lowest BCUT2D eigenvalue weighted by Gasteiger charge is -2.04. The largest absolute Gasteiger partial charge is 0.507 e. The van der Waals surface area contributed by atoms with Crippen LogP contribution in [0, 0.1) is 0 Å². The van der Waals surface area contributed by atoms with E-state index in [1.165, 1.54) is 24.9 Å². The topological polar surface area (TPSA) is 46.5 Å².